The molecule has 0 saturated carbocycles. The molecule has 1 saturated heterocycles. The molecule has 2 heterocycles. The number of piperidine rings is 1. The number of hydrogen-bond donors (Lipinski definition) is 0. The van der Waals surface area contributed by atoms with Gasteiger partial charge in [-0.2, -0.15) is 0 Å². The second kappa shape index (κ2) is 9.13. The molecule has 26 heavy (non-hydrogen) atoms. The van der Waals surface area contributed by atoms with E-state index in [1.54, 1.807) is 12.1 Å². The summed E-state index contributed by atoms with van der Waals surface area (Å²) in [5.41, 5.74) is 3.58. The smallest absolute Gasteiger partial charge is 0.178 e. The van der Waals surface area contributed by atoms with Crippen molar-refractivity contribution in [3.05, 3.63) is 53.1 Å². The maximum absolute atomic E-state index is 13.2. The molecule has 1 fully saturated rings. The van der Waals surface area contributed by atoms with Crippen molar-refractivity contribution in [3.63, 3.8) is 0 Å². The van der Waals surface area contributed by atoms with Gasteiger partial charge in [0.25, 0.3) is 0 Å². The van der Waals surface area contributed by atoms with Crippen LogP contribution in [0.1, 0.15) is 55.4 Å². The Kier molecular flexibility index (Phi) is 7.15. The average molecular weight is 359 g/mol. The molecule has 0 radical (unpaired) electrons. The fourth-order valence-electron chi connectivity index (χ4n) is 3.54. The Hall–Kier alpha value is -1.94. The van der Waals surface area contributed by atoms with Crippen LogP contribution in [0, 0.1) is 25.6 Å². The van der Waals surface area contributed by atoms with E-state index in [4.69, 9.17) is 0 Å². The highest BCUT2D eigenvalue weighted by atomic mass is 19.1. The minimum Gasteiger partial charge on any atom is -0.318 e. The maximum Gasteiger partial charge on any atom is 0.178 e. The molecule has 0 spiro atoms. The minimum atomic E-state index is -0.253. The Morgan fingerprint density at radius 1 is 1.12 bits per heavy atom. The molecule has 1 aromatic heterocycles. The molecule has 1 aliphatic heterocycles. The summed E-state index contributed by atoms with van der Waals surface area (Å²) < 4.78 is 15.2. The number of benzene rings is 1. The van der Waals surface area contributed by atoms with Gasteiger partial charge in [-0.05, 0) is 76.0 Å². The number of ketones is 1. The standard InChI is InChI=1S/C20H25FN2O.C2H6/c1-14-8-10-22(11-9-14)13-20(24)19-12-15(2)23(16(19)3)18-6-4-17(21)5-7-18;1-2/h4-7,12,14H,8-11,13H2,1-3H3;1-2H3. The molecule has 0 aliphatic carbocycles. The van der Waals surface area contributed by atoms with E-state index in [0.717, 1.165) is 41.6 Å². The molecule has 0 unspecified atom stereocenters. The number of nitrogens with zero attached hydrogens (tertiary/aromatic N) is 2. The number of hydrogen-bond acceptors (Lipinski definition) is 2. The molecule has 3 rings (SSSR count). The predicted octanol–water partition coefficient (Wildman–Crippen LogP) is 5.17. The van der Waals surface area contributed by atoms with Crippen LogP contribution >= 0.6 is 0 Å². The van der Waals surface area contributed by atoms with Gasteiger partial charge in [0.15, 0.2) is 5.78 Å². The second-order valence-corrected chi connectivity index (χ2v) is 6.98. The van der Waals surface area contributed by atoms with Crippen LogP contribution in [0.15, 0.2) is 30.3 Å². The van der Waals surface area contributed by atoms with Crippen molar-refractivity contribution in [2.24, 2.45) is 5.92 Å². The Bertz CT molecular complexity index is 725. The van der Waals surface area contributed by atoms with Crippen LogP contribution in [0.4, 0.5) is 4.39 Å². The number of likely N-dealkylation sites (tertiary alicyclic amines) is 1. The largest absolute Gasteiger partial charge is 0.318 e. The zero-order valence-corrected chi connectivity index (χ0v) is 16.7. The van der Waals surface area contributed by atoms with Crippen molar-refractivity contribution in [3.8, 4) is 5.69 Å². The Morgan fingerprint density at radius 3 is 2.27 bits per heavy atom. The summed E-state index contributed by atoms with van der Waals surface area (Å²) in [4.78, 5) is 15.0. The first-order chi connectivity index (χ1) is 12.5. The van der Waals surface area contributed by atoms with Gasteiger partial charge in [-0.3, -0.25) is 9.69 Å². The van der Waals surface area contributed by atoms with E-state index in [0.29, 0.717) is 6.54 Å². The van der Waals surface area contributed by atoms with Gasteiger partial charge in [-0.1, -0.05) is 20.8 Å². The molecular formula is C22H31FN2O. The van der Waals surface area contributed by atoms with Gasteiger partial charge < -0.3 is 4.57 Å². The van der Waals surface area contributed by atoms with Crippen LogP contribution < -0.4 is 0 Å². The summed E-state index contributed by atoms with van der Waals surface area (Å²) >= 11 is 0. The Morgan fingerprint density at radius 2 is 1.69 bits per heavy atom. The molecule has 1 aliphatic rings. The maximum atomic E-state index is 13.2. The Balaban J connectivity index is 0.00000117. The third-order valence-corrected chi connectivity index (χ3v) is 5.06. The molecule has 4 heteroatoms. The van der Waals surface area contributed by atoms with E-state index in [1.807, 2.05) is 38.3 Å². The molecule has 142 valence electrons. The summed E-state index contributed by atoms with van der Waals surface area (Å²) in [6, 6.07) is 8.34. The first-order valence-corrected chi connectivity index (χ1v) is 9.66. The third kappa shape index (κ3) is 4.61. The lowest BCUT2D eigenvalue weighted by atomic mass is 9.99. The molecule has 1 aromatic carbocycles. The fraction of sp³-hybridized carbons (Fsp3) is 0.500. The average Bonchev–Trinajstić information content (AvgIpc) is 2.94. The van der Waals surface area contributed by atoms with Gasteiger partial charge in [-0.15, -0.1) is 0 Å². The van der Waals surface area contributed by atoms with Crippen LogP contribution in [0.25, 0.3) is 5.69 Å². The highest BCUT2D eigenvalue weighted by Gasteiger charge is 2.21. The normalized spacial score (nSPS) is 15.5. The van der Waals surface area contributed by atoms with Gasteiger partial charge in [0.1, 0.15) is 5.82 Å². The zero-order chi connectivity index (χ0) is 19.3. The number of carbonyl (C=O) groups is 1. The van der Waals surface area contributed by atoms with E-state index in [2.05, 4.69) is 11.8 Å². The zero-order valence-electron chi connectivity index (χ0n) is 16.7. The van der Waals surface area contributed by atoms with Crippen molar-refractivity contribution in [1.82, 2.24) is 9.47 Å². The van der Waals surface area contributed by atoms with E-state index >= 15 is 0 Å². The SMILES string of the molecule is CC.Cc1cc(C(=O)CN2CCC(C)CC2)c(C)n1-c1ccc(F)cc1. The van der Waals surface area contributed by atoms with Gasteiger partial charge in [0, 0.05) is 22.6 Å². The molecule has 2 aromatic rings. The van der Waals surface area contributed by atoms with Crippen molar-refractivity contribution in [1.29, 1.82) is 0 Å². The summed E-state index contributed by atoms with van der Waals surface area (Å²) in [6.07, 6.45) is 2.34. The first kappa shape index (κ1) is 20.4. The van der Waals surface area contributed by atoms with E-state index in [-0.39, 0.29) is 11.6 Å². The van der Waals surface area contributed by atoms with Gasteiger partial charge in [0.2, 0.25) is 0 Å². The second-order valence-electron chi connectivity index (χ2n) is 6.98. The van der Waals surface area contributed by atoms with Crippen molar-refractivity contribution in [2.75, 3.05) is 19.6 Å². The molecule has 0 N–H and O–H groups in total. The van der Waals surface area contributed by atoms with E-state index in [1.165, 1.54) is 25.0 Å². The van der Waals surface area contributed by atoms with Gasteiger partial charge in [-0.25, -0.2) is 4.39 Å². The number of Topliss-reactive ketones (excluding diaryl/α,β-unsaturated/α-hetero) is 1. The summed E-state index contributed by atoms with van der Waals surface area (Å²) in [6.45, 7) is 12.7. The summed E-state index contributed by atoms with van der Waals surface area (Å²) in [5, 5.41) is 0. The lowest BCUT2D eigenvalue weighted by Crippen LogP contribution is -2.36. The van der Waals surface area contributed by atoms with Crippen LogP contribution in [0.3, 0.4) is 0 Å². The van der Waals surface area contributed by atoms with Crippen LogP contribution in [-0.4, -0.2) is 34.9 Å². The lowest BCUT2D eigenvalue weighted by Gasteiger charge is -2.29. The number of carbonyl (C=O) groups excluding carboxylic acids is 1. The van der Waals surface area contributed by atoms with Crippen LogP contribution in [0.5, 0.6) is 0 Å². The van der Waals surface area contributed by atoms with Crippen molar-refractivity contribution in [2.45, 2.75) is 47.5 Å². The molecule has 0 atom stereocenters. The molecule has 0 amide bonds. The molecular weight excluding hydrogens is 327 g/mol. The van der Waals surface area contributed by atoms with E-state index in [9.17, 15) is 9.18 Å². The molecule has 3 nitrogen and oxygen atoms in total. The predicted molar refractivity (Wildman–Crippen MR) is 106 cm³/mol. The highest BCUT2D eigenvalue weighted by Crippen LogP contribution is 2.23. The highest BCUT2D eigenvalue weighted by molar-refractivity contribution is 5.99. The monoisotopic (exact) mass is 358 g/mol. The summed E-state index contributed by atoms with van der Waals surface area (Å²) in [7, 11) is 0. The first-order valence-electron chi connectivity index (χ1n) is 9.66. The van der Waals surface area contributed by atoms with E-state index < -0.39 is 0 Å². The van der Waals surface area contributed by atoms with Crippen molar-refractivity contribution >= 4 is 5.78 Å². The lowest BCUT2D eigenvalue weighted by molar-refractivity contribution is 0.0899. The third-order valence-electron chi connectivity index (χ3n) is 5.06. The molecule has 0 bridgehead atoms. The quantitative estimate of drug-likeness (QED) is 0.704. The van der Waals surface area contributed by atoms with Gasteiger partial charge >= 0.3 is 0 Å². The van der Waals surface area contributed by atoms with Crippen LogP contribution in [0.2, 0.25) is 0 Å². The number of rotatable bonds is 4. The Labute approximate surface area is 156 Å². The topological polar surface area (TPSA) is 25.2 Å². The fourth-order valence-corrected chi connectivity index (χ4v) is 3.54. The number of aryl methyl sites for hydroxylation is 1. The van der Waals surface area contributed by atoms with Gasteiger partial charge in [0.05, 0.1) is 6.54 Å². The minimum absolute atomic E-state index is 0.172. The number of aromatic nitrogens is 1. The number of halogens is 1. The van der Waals surface area contributed by atoms with Crippen molar-refractivity contribution < 1.29 is 9.18 Å². The summed E-state index contributed by atoms with van der Waals surface area (Å²) in [5.74, 6) is 0.683. The van der Waals surface area contributed by atoms with Crippen LogP contribution in [-0.2, 0) is 0 Å².